The zero-order chi connectivity index (χ0) is 24.6. The molecule has 0 bridgehead atoms. The van der Waals surface area contributed by atoms with Crippen LogP contribution >= 0.6 is 0 Å². The van der Waals surface area contributed by atoms with E-state index in [1.54, 1.807) is 6.92 Å². The van der Waals surface area contributed by atoms with Gasteiger partial charge in [0.05, 0.1) is 13.2 Å². The molecule has 3 N–H and O–H groups in total. The summed E-state index contributed by atoms with van der Waals surface area (Å²) in [5, 5.41) is 27.0. The normalized spacial score (nSPS) is 11.6. The summed E-state index contributed by atoms with van der Waals surface area (Å²) in [5.74, 6) is -0.914. The number of carbonyl (C=O) groups is 2. The molecule has 0 aliphatic heterocycles. The highest BCUT2D eigenvalue weighted by Gasteiger charge is 2.24. The van der Waals surface area contributed by atoms with E-state index in [1.165, 1.54) is 83.5 Å². The van der Waals surface area contributed by atoms with Crippen LogP contribution in [0.15, 0.2) is 0 Å². The summed E-state index contributed by atoms with van der Waals surface area (Å²) in [6, 6.07) is 0. The number of hydrogen-bond donors (Lipinski definition) is 3. The third-order valence-electron chi connectivity index (χ3n) is 6.37. The first-order chi connectivity index (χ1) is 15.9. The molecule has 0 amide bonds. The molecule has 0 unspecified atom stereocenters. The predicted molar refractivity (Wildman–Crippen MR) is 133 cm³/mol. The van der Waals surface area contributed by atoms with Crippen LogP contribution in [0, 0.1) is 5.41 Å². The lowest BCUT2D eigenvalue weighted by Crippen LogP contribution is -2.32. The Labute approximate surface area is 202 Å². The molecule has 0 aromatic carbocycles. The molecule has 33 heavy (non-hydrogen) atoms. The molecule has 0 aromatic heterocycles. The van der Waals surface area contributed by atoms with Gasteiger partial charge in [-0.25, -0.2) is 0 Å². The third kappa shape index (κ3) is 22.4. The molecular weight excluding hydrogens is 420 g/mol. The lowest BCUT2D eigenvalue weighted by Gasteiger charge is -2.23. The lowest BCUT2D eigenvalue weighted by molar-refractivity contribution is -0.149. The van der Waals surface area contributed by atoms with Crippen LogP contribution in [0.4, 0.5) is 0 Å². The largest absolute Gasteiger partial charge is 0.481 e. The number of aliphatic hydroxyl groups excluding tert-OH is 2. The van der Waals surface area contributed by atoms with E-state index in [0.29, 0.717) is 12.8 Å². The Kier molecular flexibility index (Phi) is 21.9. The van der Waals surface area contributed by atoms with Crippen LogP contribution in [0.3, 0.4) is 0 Å². The molecule has 6 heteroatoms. The first-order valence-electron chi connectivity index (χ1n) is 13.5. The van der Waals surface area contributed by atoms with Gasteiger partial charge in [-0.15, -0.1) is 0 Å². The van der Waals surface area contributed by atoms with E-state index >= 15 is 0 Å². The Balaban J connectivity index is 3.22. The lowest BCUT2D eigenvalue weighted by atomic mass is 9.94. The number of aliphatic carboxylic acids is 1. The second kappa shape index (κ2) is 22.6. The van der Waals surface area contributed by atoms with E-state index in [2.05, 4.69) is 0 Å². The van der Waals surface area contributed by atoms with Crippen LogP contribution in [-0.2, 0) is 14.3 Å². The van der Waals surface area contributed by atoms with Crippen molar-refractivity contribution in [3.63, 3.8) is 0 Å². The number of unbranched alkanes of at least 4 members (excludes halogenated alkanes) is 17. The maximum absolute atomic E-state index is 11.7. The zero-order valence-corrected chi connectivity index (χ0v) is 21.3. The molecule has 196 valence electrons. The molecule has 0 saturated carbocycles. The van der Waals surface area contributed by atoms with Crippen LogP contribution in [-0.4, -0.2) is 47.1 Å². The van der Waals surface area contributed by atoms with Gasteiger partial charge in [-0.05, 0) is 12.8 Å². The molecule has 0 spiro atoms. The molecule has 0 saturated heterocycles. The predicted octanol–water partition coefficient (Wildman–Crippen LogP) is 6.41. The fourth-order valence-corrected chi connectivity index (χ4v) is 3.84. The topological polar surface area (TPSA) is 104 Å². The number of carbonyl (C=O) groups excluding carboxylic acids is 1. The first kappa shape index (κ1) is 31.9. The van der Waals surface area contributed by atoms with Gasteiger partial charge in [0.2, 0.25) is 0 Å². The van der Waals surface area contributed by atoms with Crippen LogP contribution in [0.5, 0.6) is 0 Å². The fraction of sp³-hybridized carbons (Fsp3) is 0.926. The summed E-state index contributed by atoms with van der Waals surface area (Å²) in [6.45, 7) is 1.36. The Bertz CT molecular complexity index is 462. The van der Waals surface area contributed by atoms with E-state index in [4.69, 9.17) is 9.84 Å². The second-order valence-electron chi connectivity index (χ2n) is 10.0. The van der Waals surface area contributed by atoms with Crippen molar-refractivity contribution in [3.8, 4) is 0 Å². The summed E-state index contributed by atoms with van der Waals surface area (Å²) in [6.07, 6.45) is 22.6. The van der Waals surface area contributed by atoms with E-state index in [-0.39, 0.29) is 25.8 Å². The molecule has 6 nitrogen and oxygen atoms in total. The highest BCUT2D eigenvalue weighted by atomic mass is 16.5. The van der Waals surface area contributed by atoms with Crippen molar-refractivity contribution in [3.05, 3.63) is 0 Å². The van der Waals surface area contributed by atoms with Gasteiger partial charge in [0.15, 0.2) is 0 Å². The average molecular weight is 473 g/mol. The van der Waals surface area contributed by atoms with Crippen molar-refractivity contribution in [2.24, 2.45) is 5.41 Å². The van der Waals surface area contributed by atoms with Crippen molar-refractivity contribution in [1.29, 1.82) is 0 Å². The number of ether oxygens (including phenoxy) is 1. The van der Waals surface area contributed by atoms with E-state index < -0.39 is 11.4 Å². The molecular formula is C27H52O6. The molecule has 0 rings (SSSR count). The van der Waals surface area contributed by atoms with Gasteiger partial charge in [0, 0.05) is 18.3 Å². The van der Waals surface area contributed by atoms with Gasteiger partial charge in [-0.3, -0.25) is 9.59 Å². The van der Waals surface area contributed by atoms with E-state index in [1.807, 2.05) is 0 Å². The first-order valence-corrected chi connectivity index (χ1v) is 13.5. The minimum absolute atomic E-state index is 0.0659. The summed E-state index contributed by atoms with van der Waals surface area (Å²) < 4.78 is 5.16. The summed E-state index contributed by atoms with van der Waals surface area (Å²) in [5.41, 5.74) is -0.748. The standard InChI is InChI=1S/C27H52O6/c1-27(22-28,23-29)24-33-26(32)21-19-17-15-13-11-9-7-5-3-2-4-6-8-10-12-14-16-18-20-25(30)31/h28-29H,2-24H2,1H3,(H,30,31). The Morgan fingerprint density at radius 3 is 1.18 bits per heavy atom. The van der Waals surface area contributed by atoms with Crippen molar-refractivity contribution in [2.75, 3.05) is 19.8 Å². The van der Waals surface area contributed by atoms with Gasteiger partial charge < -0.3 is 20.1 Å². The molecule has 0 fully saturated rings. The highest BCUT2D eigenvalue weighted by molar-refractivity contribution is 5.69. The molecule has 0 aliphatic rings. The van der Waals surface area contributed by atoms with Crippen LogP contribution in [0.25, 0.3) is 0 Å². The molecule has 0 radical (unpaired) electrons. The number of hydrogen-bond acceptors (Lipinski definition) is 5. The maximum Gasteiger partial charge on any atom is 0.305 e. The van der Waals surface area contributed by atoms with Crippen LogP contribution in [0.1, 0.15) is 135 Å². The van der Waals surface area contributed by atoms with E-state index in [0.717, 1.165) is 32.1 Å². The SMILES string of the molecule is CC(CO)(CO)COC(=O)CCCCCCCCCCCCCCCCCCCCC(=O)O. The quantitative estimate of drug-likeness (QED) is 0.105. The van der Waals surface area contributed by atoms with Gasteiger partial charge in [-0.1, -0.05) is 110 Å². The third-order valence-corrected chi connectivity index (χ3v) is 6.37. The number of rotatable bonds is 25. The Morgan fingerprint density at radius 2 is 0.879 bits per heavy atom. The number of esters is 1. The van der Waals surface area contributed by atoms with E-state index in [9.17, 15) is 19.8 Å². The Hall–Kier alpha value is -1.14. The molecule has 0 aliphatic carbocycles. The molecule has 0 aromatic rings. The number of carboxylic acids is 1. The molecule has 0 atom stereocenters. The van der Waals surface area contributed by atoms with Crippen molar-refractivity contribution in [1.82, 2.24) is 0 Å². The number of carboxylic acid groups (broad SMARTS) is 1. The van der Waals surface area contributed by atoms with Gasteiger partial charge >= 0.3 is 11.9 Å². The maximum atomic E-state index is 11.7. The monoisotopic (exact) mass is 472 g/mol. The molecule has 0 heterocycles. The van der Waals surface area contributed by atoms with Crippen molar-refractivity contribution >= 4 is 11.9 Å². The highest BCUT2D eigenvalue weighted by Crippen LogP contribution is 2.16. The summed E-state index contributed by atoms with van der Waals surface area (Å²) >= 11 is 0. The average Bonchev–Trinajstić information content (AvgIpc) is 2.81. The van der Waals surface area contributed by atoms with Gasteiger partial charge in [0.1, 0.15) is 6.61 Å². The van der Waals surface area contributed by atoms with Crippen molar-refractivity contribution in [2.45, 2.75) is 135 Å². The van der Waals surface area contributed by atoms with Gasteiger partial charge in [-0.2, -0.15) is 0 Å². The number of aliphatic hydroxyl groups is 2. The fourth-order valence-electron chi connectivity index (χ4n) is 3.84. The second-order valence-corrected chi connectivity index (χ2v) is 10.0. The zero-order valence-electron chi connectivity index (χ0n) is 21.3. The Morgan fingerprint density at radius 1 is 0.576 bits per heavy atom. The van der Waals surface area contributed by atoms with Crippen LogP contribution < -0.4 is 0 Å². The smallest absolute Gasteiger partial charge is 0.305 e. The summed E-state index contributed by atoms with van der Waals surface area (Å²) in [7, 11) is 0. The van der Waals surface area contributed by atoms with Crippen LogP contribution in [0.2, 0.25) is 0 Å². The minimum Gasteiger partial charge on any atom is -0.481 e. The van der Waals surface area contributed by atoms with Crippen molar-refractivity contribution < 1.29 is 29.6 Å². The minimum atomic E-state index is -0.748. The van der Waals surface area contributed by atoms with Gasteiger partial charge in [0.25, 0.3) is 0 Å². The summed E-state index contributed by atoms with van der Waals surface area (Å²) in [4.78, 5) is 22.2.